The first kappa shape index (κ1) is 12.0. The Kier molecular flexibility index (Phi) is 3.09. The van der Waals surface area contributed by atoms with Gasteiger partial charge in [-0.2, -0.15) is 0 Å². The first-order valence-electron chi connectivity index (χ1n) is 5.81. The Morgan fingerprint density at radius 2 is 1.79 bits per heavy atom. The van der Waals surface area contributed by atoms with Gasteiger partial charge in [0.05, 0.1) is 11.2 Å². The third-order valence-electron chi connectivity index (χ3n) is 2.80. The van der Waals surface area contributed by atoms with Crippen LogP contribution in [0.1, 0.15) is 0 Å². The van der Waals surface area contributed by atoms with Crippen LogP contribution in [0.15, 0.2) is 64.5 Å². The maximum Gasteiger partial charge on any atom is 0.123 e. The number of halogens is 1. The summed E-state index contributed by atoms with van der Waals surface area (Å²) in [5.41, 5.74) is 7.38. The largest absolute Gasteiger partial charge is 0.397 e. The summed E-state index contributed by atoms with van der Waals surface area (Å²) in [6, 6.07) is 14.1. The number of nitrogen functional groups attached to an aromatic ring is 1. The van der Waals surface area contributed by atoms with Crippen LogP contribution in [0.2, 0.25) is 0 Å². The van der Waals surface area contributed by atoms with Crippen LogP contribution in [0.4, 0.5) is 10.1 Å². The molecule has 0 unspecified atom stereocenters. The van der Waals surface area contributed by atoms with Crippen LogP contribution in [-0.4, -0.2) is 4.98 Å². The topological polar surface area (TPSA) is 38.9 Å². The lowest BCUT2D eigenvalue weighted by Gasteiger charge is -2.07. The number of rotatable bonds is 2. The van der Waals surface area contributed by atoms with E-state index in [0.717, 1.165) is 20.7 Å². The Morgan fingerprint density at radius 1 is 1.00 bits per heavy atom. The summed E-state index contributed by atoms with van der Waals surface area (Å²) >= 11 is 1.57. The number of benzene rings is 2. The molecular weight excluding hydrogens is 259 g/mol. The van der Waals surface area contributed by atoms with Crippen LogP contribution < -0.4 is 5.73 Å². The Morgan fingerprint density at radius 3 is 2.58 bits per heavy atom. The molecule has 0 radical (unpaired) electrons. The van der Waals surface area contributed by atoms with Crippen LogP contribution >= 0.6 is 11.8 Å². The summed E-state index contributed by atoms with van der Waals surface area (Å²) in [5, 5.41) is 1.01. The van der Waals surface area contributed by atoms with Gasteiger partial charge < -0.3 is 5.73 Å². The first-order chi connectivity index (χ1) is 9.24. The zero-order chi connectivity index (χ0) is 13.2. The predicted octanol–water partition coefficient (Wildman–Crippen LogP) is 4.11. The highest BCUT2D eigenvalue weighted by Crippen LogP contribution is 2.34. The SMILES string of the molecule is Nc1ccc(Sc2ccc(F)cc2)c2cccnc12. The van der Waals surface area contributed by atoms with Gasteiger partial charge >= 0.3 is 0 Å². The minimum absolute atomic E-state index is 0.229. The van der Waals surface area contributed by atoms with Crippen LogP contribution in [0.3, 0.4) is 0 Å². The van der Waals surface area contributed by atoms with Crippen molar-refractivity contribution in [2.75, 3.05) is 5.73 Å². The second-order valence-electron chi connectivity index (χ2n) is 4.11. The monoisotopic (exact) mass is 270 g/mol. The van der Waals surface area contributed by atoms with Crippen LogP contribution in [0.25, 0.3) is 10.9 Å². The Labute approximate surface area is 114 Å². The number of fused-ring (bicyclic) bond motifs is 1. The highest BCUT2D eigenvalue weighted by atomic mass is 32.2. The molecule has 2 N–H and O–H groups in total. The summed E-state index contributed by atoms with van der Waals surface area (Å²) < 4.78 is 12.9. The molecule has 94 valence electrons. The molecule has 0 atom stereocenters. The van der Waals surface area contributed by atoms with Gasteiger partial charge in [-0.1, -0.05) is 17.8 Å². The molecule has 3 aromatic rings. The van der Waals surface area contributed by atoms with Gasteiger partial charge in [0.15, 0.2) is 0 Å². The minimum atomic E-state index is -0.229. The third kappa shape index (κ3) is 2.39. The molecule has 0 saturated heterocycles. The van der Waals surface area contributed by atoms with Crippen molar-refractivity contribution in [2.45, 2.75) is 9.79 Å². The maximum absolute atomic E-state index is 12.9. The molecule has 4 heteroatoms. The van der Waals surface area contributed by atoms with Crippen LogP contribution in [-0.2, 0) is 0 Å². The van der Waals surface area contributed by atoms with E-state index < -0.39 is 0 Å². The van der Waals surface area contributed by atoms with Gasteiger partial charge in [-0.3, -0.25) is 4.98 Å². The predicted molar refractivity (Wildman–Crippen MR) is 76.7 cm³/mol. The molecule has 2 aromatic carbocycles. The number of nitrogens with two attached hydrogens (primary N) is 1. The van der Waals surface area contributed by atoms with E-state index in [1.54, 1.807) is 30.1 Å². The van der Waals surface area contributed by atoms with E-state index in [2.05, 4.69) is 4.98 Å². The second kappa shape index (κ2) is 4.90. The van der Waals surface area contributed by atoms with Crippen molar-refractivity contribution < 1.29 is 4.39 Å². The van der Waals surface area contributed by atoms with E-state index in [1.165, 1.54) is 12.1 Å². The fourth-order valence-corrected chi connectivity index (χ4v) is 2.82. The summed E-state index contributed by atoms with van der Waals surface area (Å²) in [4.78, 5) is 6.34. The number of aromatic nitrogens is 1. The summed E-state index contributed by atoms with van der Waals surface area (Å²) in [5.74, 6) is -0.229. The molecular formula is C15H11FN2S. The number of nitrogens with zero attached hydrogens (tertiary/aromatic N) is 1. The summed E-state index contributed by atoms with van der Waals surface area (Å²) in [6.07, 6.45) is 1.73. The van der Waals surface area contributed by atoms with Crippen LogP contribution in [0, 0.1) is 5.82 Å². The second-order valence-corrected chi connectivity index (χ2v) is 5.22. The van der Waals surface area contributed by atoms with Crippen molar-refractivity contribution in [3.63, 3.8) is 0 Å². The Balaban J connectivity index is 2.06. The smallest absolute Gasteiger partial charge is 0.123 e. The molecule has 1 aromatic heterocycles. The Hall–Kier alpha value is -2.07. The quantitative estimate of drug-likeness (QED) is 0.712. The molecule has 0 spiro atoms. The zero-order valence-electron chi connectivity index (χ0n) is 10.0. The number of hydrogen-bond donors (Lipinski definition) is 1. The van der Waals surface area contributed by atoms with Gasteiger partial charge in [0, 0.05) is 21.4 Å². The zero-order valence-corrected chi connectivity index (χ0v) is 10.8. The lowest BCUT2D eigenvalue weighted by atomic mass is 10.2. The molecule has 2 nitrogen and oxygen atoms in total. The molecule has 0 saturated carbocycles. The Bertz CT molecular complexity index is 726. The highest BCUT2D eigenvalue weighted by molar-refractivity contribution is 7.99. The molecule has 0 fully saturated rings. The average Bonchev–Trinajstić information content (AvgIpc) is 2.45. The van der Waals surface area contributed by atoms with E-state index in [4.69, 9.17) is 5.73 Å². The van der Waals surface area contributed by atoms with Crippen molar-refractivity contribution in [3.05, 3.63) is 60.5 Å². The van der Waals surface area contributed by atoms with Crippen molar-refractivity contribution in [1.29, 1.82) is 0 Å². The molecule has 0 aliphatic carbocycles. The standard InChI is InChI=1S/C15H11FN2S/c16-10-3-5-11(6-4-10)19-14-8-7-13(17)15-12(14)2-1-9-18-15/h1-9H,17H2. The minimum Gasteiger partial charge on any atom is -0.397 e. The first-order valence-corrected chi connectivity index (χ1v) is 6.62. The fourth-order valence-electron chi connectivity index (χ4n) is 1.89. The van der Waals surface area contributed by atoms with E-state index in [9.17, 15) is 4.39 Å². The van der Waals surface area contributed by atoms with Gasteiger partial charge in [-0.05, 0) is 42.5 Å². The summed E-state index contributed by atoms with van der Waals surface area (Å²) in [6.45, 7) is 0. The van der Waals surface area contributed by atoms with E-state index in [-0.39, 0.29) is 5.82 Å². The van der Waals surface area contributed by atoms with E-state index in [1.807, 2.05) is 24.3 Å². The lowest BCUT2D eigenvalue weighted by Crippen LogP contribution is -1.90. The number of hydrogen-bond acceptors (Lipinski definition) is 3. The van der Waals surface area contributed by atoms with E-state index >= 15 is 0 Å². The fraction of sp³-hybridized carbons (Fsp3) is 0. The molecule has 0 bridgehead atoms. The van der Waals surface area contributed by atoms with Crippen molar-refractivity contribution in [1.82, 2.24) is 4.98 Å². The third-order valence-corrected chi connectivity index (χ3v) is 3.89. The van der Waals surface area contributed by atoms with Crippen molar-refractivity contribution in [2.24, 2.45) is 0 Å². The van der Waals surface area contributed by atoms with Gasteiger partial charge in [-0.25, -0.2) is 4.39 Å². The van der Waals surface area contributed by atoms with Crippen molar-refractivity contribution in [3.8, 4) is 0 Å². The molecule has 0 amide bonds. The van der Waals surface area contributed by atoms with Gasteiger partial charge in [-0.15, -0.1) is 0 Å². The molecule has 3 rings (SSSR count). The lowest BCUT2D eigenvalue weighted by molar-refractivity contribution is 0.626. The van der Waals surface area contributed by atoms with Gasteiger partial charge in [0.25, 0.3) is 0 Å². The molecule has 0 aliphatic rings. The maximum atomic E-state index is 12.9. The van der Waals surface area contributed by atoms with Crippen molar-refractivity contribution >= 4 is 28.4 Å². The number of anilines is 1. The van der Waals surface area contributed by atoms with Gasteiger partial charge in [0.2, 0.25) is 0 Å². The van der Waals surface area contributed by atoms with E-state index in [0.29, 0.717) is 5.69 Å². The normalized spacial score (nSPS) is 10.8. The van der Waals surface area contributed by atoms with Crippen LogP contribution in [0.5, 0.6) is 0 Å². The average molecular weight is 270 g/mol. The molecule has 0 aliphatic heterocycles. The molecule has 19 heavy (non-hydrogen) atoms. The van der Waals surface area contributed by atoms with Gasteiger partial charge in [0.1, 0.15) is 5.82 Å². The number of pyridine rings is 1. The summed E-state index contributed by atoms with van der Waals surface area (Å²) in [7, 11) is 0. The molecule has 1 heterocycles. The highest BCUT2D eigenvalue weighted by Gasteiger charge is 2.06.